The molecular formula is C11H14N4O2S. The molecule has 18 heavy (non-hydrogen) atoms. The van der Waals surface area contributed by atoms with Gasteiger partial charge in [-0.15, -0.1) is 10.2 Å². The maximum Gasteiger partial charge on any atom is 0.231 e. The molecule has 1 aliphatic carbocycles. The van der Waals surface area contributed by atoms with Crippen LogP contribution in [0.5, 0.6) is 0 Å². The third-order valence-corrected chi connectivity index (χ3v) is 3.96. The molecule has 1 aromatic rings. The summed E-state index contributed by atoms with van der Waals surface area (Å²) in [5.41, 5.74) is 1.56. The first-order valence-electron chi connectivity index (χ1n) is 6.07. The molecule has 1 aromatic heterocycles. The molecule has 0 unspecified atom stereocenters. The molecule has 1 saturated carbocycles. The number of carbonyl (C=O) groups is 2. The first-order valence-corrected chi connectivity index (χ1v) is 6.95. The third-order valence-electron chi connectivity index (χ3n) is 3.35. The summed E-state index contributed by atoms with van der Waals surface area (Å²) in [6.07, 6.45) is 2.74. The molecule has 1 aliphatic heterocycles. The van der Waals surface area contributed by atoms with E-state index in [1.54, 1.807) is 5.51 Å². The molecule has 96 valence electrons. The topological polar surface area (TPSA) is 75.2 Å². The van der Waals surface area contributed by atoms with Crippen molar-refractivity contribution in [3.63, 3.8) is 0 Å². The van der Waals surface area contributed by atoms with Gasteiger partial charge in [-0.25, -0.2) is 0 Å². The number of amides is 2. The van der Waals surface area contributed by atoms with E-state index >= 15 is 0 Å². The Morgan fingerprint density at radius 1 is 1.56 bits per heavy atom. The zero-order valence-electron chi connectivity index (χ0n) is 9.83. The maximum absolute atomic E-state index is 12.0. The second-order valence-corrected chi connectivity index (χ2v) is 5.71. The van der Waals surface area contributed by atoms with Gasteiger partial charge in [0.2, 0.25) is 16.9 Å². The van der Waals surface area contributed by atoms with Crippen molar-refractivity contribution in [2.45, 2.75) is 19.3 Å². The smallest absolute Gasteiger partial charge is 0.231 e. The zero-order chi connectivity index (χ0) is 12.5. The minimum absolute atomic E-state index is 0.0966. The van der Waals surface area contributed by atoms with Gasteiger partial charge in [-0.05, 0) is 18.8 Å². The monoisotopic (exact) mass is 266 g/mol. The van der Waals surface area contributed by atoms with Crippen molar-refractivity contribution in [3.05, 3.63) is 5.51 Å². The van der Waals surface area contributed by atoms with Crippen LogP contribution in [-0.2, 0) is 9.59 Å². The average Bonchev–Trinajstić information content (AvgIpc) is 2.86. The van der Waals surface area contributed by atoms with Crippen molar-refractivity contribution in [1.29, 1.82) is 0 Å². The minimum Gasteiger partial charge on any atom is -0.342 e. The van der Waals surface area contributed by atoms with Crippen LogP contribution in [0.1, 0.15) is 19.3 Å². The van der Waals surface area contributed by atoms with Gasteiger partial charge in [-0.1, -0.05) is 11.3 Å². The molecule has 2 aliphatic rings. The van der Waals surface area contributed by atoms with Crippen LogP contribution in [0.2, 0.25) is 0 Å². The number of likely N-dealkylation sites (tertiary alicyclic amines) is 1. The third kappa shape index (κ3) is 2.50. The molecule has 0 bridgehead atoms. The molecule has 3 rings (SSSR count). The zero-order valence-corrected chi connectivity index (χ0v) is 10.7. The number of hydrogen-bond acceptors (Lipinski definition) is 5. The second kappa shape index (κ2) is 4.64. The molecule has 0 radical (unpaired) electrons. The summed E-state index contributed by atoms with van der Waals surface area (Å²) in [6.45, 7) is 1.36. The van der Waals surface area contributed by atoms with E-state index in [9.17, 15) is 9.59 Å². The van der Waals surface area contributed by atoms with Crippen LogP contribution in [0.15, 0.2) is 5.51 Å². The standard InChI is InChI=1S/C11H14N4O2S/c16-9-3-8(5-15(9)4-7-1-2-7)10(17)13-11-14-12-6-18-11/h6-8H,1-5H2,(H,13,14,17)/t8-/m0/s1. The van der Waals surface area contributed by atoms with Crippen LogP contribution in [0.25, 0.3) is 0 Å². The molecule has 0 spiro atoms. The lowest BCUT2D eigenvalue weighted by Crippen LogP contribution is -2.29. The summed E-state index contributed by atoms with van der Waals surface area (Å²) in [5, 5.41) is 10.6. The molecule has 2 fully saturated rings. The lowest BCUT2D eigenvalue weighted by atomic mass is 10.1. The highest BCUT2D eigenvalue weighted by atomic mass is 32.1. The van der Waals surface area contributed by atoms with Gasteiger partial charge in [0.1, 0.15) is 5.51 Å². The van der Waals surface area contributed by atoms with Crippen LogP contribution in [0, 0.1) is 11.8 Å². The van der Waals surface area contributed by atoms with Crippen molar-refractivity contribution in [2.75, 3.05) is 18.4 Å². The first-order chi connectivity index (χ1) is 8.72. The Bertz CT molecular complexity index is 458. The van der Waals surface area contributed by atoms with Crippen LogP contribution in [0.3, 0.4) is 0 Å². The van der Waals surface area contributed by atoms with Crippen LogP contribution in [0.4, 0.5) is 5.13 Å². The summed E-state index contributed by atoms with van der Waals surface area (Å²) in [4.78, 5) is 25.6. The molecule has 7 heteroatoms. The van der Waals surface area contributed by atoms with Crippen molar-refractivity contribution in [2.24, 2.45) is 11.8 Å². The first kappa shape index (κ1) is 11.6. The van der Waals surface area contributed by atoms with Gasteiger partial charge in [-0.3, -0.25) is 9.59 Å². The fourth-order valence-electron chi connectivity index (χ4n) is 2.17. The number of nitrogens with zero attached hydrogens (tertiary/aromatic N) is 3. The van der Waals surface area contributed by atoms with E-state index in [-0.39, 0.29) is 17.7 Å². The summed E-state index contributed by atoms with van der Waals surface area (Å²) in [6, 6.07) is 0. The molecule has 2 heterocycles. The number of anilines is 1. The van der Waals surface area contributed by atoms with E-state index in [0.29, 0.717) is 24.0 Å². The van der Waals surface area contributed by atoms with Crippen molar-refractivity contribution >= 4 is 28.3 Å². The second-order valence-electron chi connectivity index (χ2n) is 4.88. The van der Waals surface area contributed by atoms with Gasteiger partial charge >= 0.3 is 0 Å². The van der Waals surface area contributed by atoms with Gasteiger partial charge < -0.3 is 10.2 Å². The van der Waals surface area contributed by atoms with E-state index in [1.165, 1.54) is 24.2 Å². The minimum atomic E-state index is -0.250. The maximum atomic E-state index is 12.0. The van der Waals surface area contributed by atoms with Gasteiger partial charge in [0.25, 0.3) is 0 Å². The normalized spacial score (nSPS) is 23.4. The van der Waals surface area contributed by atoms with E-state index in [2.05, 4.69) is 15.5 Å². The largest absolute Gasteiger partial charge is 0.342 e. The average molecular weight is 266 g/mol. The molecule has 2 amide bonds. The summed E-state index contributed by atoms with van der Waals surface area (Å²) >= 11 is 1.28. The number of hydrogen-bond donors (Lipinski definition) is 1. The quantitative estimate of drug-likeness (QED) is 0.872. The highest BCUT2D eigenvalue weighted by Gasteiger charge is 2.37. The Hall–Kier alpha value is -1.50. The summed E-state index contributed by atoms with van der Waals surface area (Å²) < 4.78 is 0. The fraction of sp³-hybridized carbons (Fsp3) is 0.636. The Morgan fingerprint density at radius 2 is 2.39 bits per heavy atom. The number of carbonyl (C=O) groups excluding carboxylic acids is 2. The lowest BCUT2D eigenvalue weighted by Gasteiger charge is -2.15. The molecule has 1 atom stereocenters. The van der Waals surface area contributed by atoms with Gasteiger partial charge in [-0.2, -0.15) is 0 Å². The Morgan fingerprint density at radius 3 is 3.06 bits per heavy atom. The molecular weight excluding hydrogens is 252 g/mol. The highest BCUT2D eigenvalue weighted by molar-refractivity contribution is 7.13. The van der Waals surface area contributed by atoms with Crippen molar-refractivity contribution in [1.82, 2.24) is 15.1 Å². The van der Waals surface area contributed by atoms with Gasteiger partial charge in [0, 0.05) is 19.5 Å². The molecule has 1 saturated heterocycles. The van der Waals surface area contributed by atoms with Crippen molar-refractivity contribution < 1.29 is 9.59 Å². The van der Waals surface area contributed by atoms with E-state index in [1.807, 2.05) is 4.90 Å². The lowest BCUT2D eigenvalue weighted by molar-refractivity contribution is -0.128. The number of rotatable bonds is 4. The predicted octanol–water partition coefficient (Wildman–Crippen LogP) is 0.735. The molecule has 6 nitrogen and oxygen atoms in total. The van der Waals surface area contributed by atoms with Gasteiger partial charge in [0.15, 0.2) is 0 Å². The van der Waals surface area contributed by atoms with Crippen LogP contribution in [-0.4, -0.2) is 40.0 Å². The summed E-state index contributed by atoms with van der Waals surface area (Å²) in [5.74, 6) is 0.386. The van der Waals surface area contributed by atoms with Crippen LogP contribution >= 0.6 is 11.3 Å². The SMILES string of the molecule is O=C(Nc1nncs1)[C@H]1CC(=O)N(CC2CC2)C1. The van der Waals surface area contributed by atoms with E-state index in [4.69, 9.17) is 0 Å². The highest BCUT2D eigenvalue weighted by Crippen LogP contribution is 2.32. The number of nitrogens with one attached hydrogen (secondary N) is 1. The Balaban J connectivity index is 1.56. The van der Waals surface area contributed by atoms with Crippen molar-refractivity contribution in [3.8, 4) is 0 Å². The molecule has 0 aromatic carbocycles. The Labute approximate surface area is 108 Å². The summed E-state index contributed by atoms with van der Waals surface area (Å²) in [7, 11) is 0. The van der Waals surface area contributed by atoms with Crippen LogP contribution < -0.4 is 5.32 Å². The van der Waals surface area contributed by atoms with E-state index in [0.717, 1.165) is 6.54 Å². The van der Waals surface area contributed by atoms with E-state index < -0.39 is 0 Å². The predicted molar refractivity (Wildman–Crippen MR) is 65.9 cm³/mol. The number of aromatic nitrogens is 2. The van der Waals surface area contributed by atoms with Gasteiger partial charge in [0.05, 0.1) is 5.92 Å². The Kier molecular flexibility index (Phi) is 2.99. The molecule has 1 N–H and O–H groups in total. The fourth-order valence-corrected chi connectivity index (χ4v) is 2.62.